The second-order valence-corrected chi connectivity index (χ2v) is 17.1. The van der Waals surface area contributed by atoms with E-state index in [1.165, 1.54) is 6.92 Å². The second kappa shape index (κ2) is 21.0. The van der Waals surface area contributed by atoms with E-state index in [4.69, 9.17) is 5.73 Å². The van der Waals surface area contributed by atoms with E-state index in [0.29, 0.717) is 22.2 Å². The van der Waals surface area contributed by atoms with Crippen LogP contribution in [0.25, 0.3) is 10.8 Å². The first-order valence-electron chi connectivity index (χ1n) is 20.5. The maximum Gasteiger partial charge on any atom is 0.244 e. The lowest BCUT2D eigenvalue weighted by Gasteiger charge is -2.31. The molecule has 12 N–H and O–H groups in total. The molecule has 338 valence electrons. The van der Waals surface area contributed by atoms with Gasteiger partial charge in [-0.15, -0.1) is 11.8 Å². The van der Waals surface area contributed by atoms with Crippen molar-refractivity contribution in [3.63, 3.8) is 0 Å². The van der Waals surface area contributed by atoms with Gasteiger partial charge in [0.15, 0.2) is 5.78 Å². The summed E-state index contributed by atoms with van der Waals surface area (Å²) in [6.07, 6.45) is -1.96. The van der Waals surface area contributed by atoms with Gasteiger partial charge in [0.05, 0.1) is 61.9 Å². The van der Waals surface area contributed by atoms with Crippen molar-refractivity contribution in [2.45, 2.75) is 100 Å². The summed E-state index contributed by atoms with van der Waals surface area (Å²) in [7, 11) is 0. The number of thioether (sulfide) groups is 1. The van der Waals surface area contributed by atoms with E-state index in [0.717, 1.165) is 11.8 Å². The highest BCUT2D eigenvalue weighted by Crippen LogP contribution is 2.35. The number of Topliss-reactive ketones (excluding diaryl/α,β-unsaturated/α-hetero) is 1. The minimum atomic E-state index is -1.65. The molecule has 1 aromatic heterocycles. The predicted molar refractivity (Wildman–Crippen MR) is 221 cm³/mol. The van der Waals surface area contributed by atoms with Crippen LogP contribution >= 0.6 is 11.8 Å². The average Bonchev–Trinajstić information content (AvgIpc) is 3.81. The van der Waals surface area contributed by atoms with Crippen molar-refractivity contribution in [3.8, 4) is 0 Å². The molecule has 62 heavy (non-hydrogen) atoms. The summed E-state index contributed by atoms with van der Waals surface area (Å²) < 4.78 is 1.62. The van der Waals surface area contributed by atoms with Crippen LogP contribution in [0, 0.1) is 23.7 Å². The number of nitrogens with two attached hydrogens (primary N) is 1. The Bertz CT molecular complexity index is 2060. The van der Waals surface area contributed by atoms with Gasteiger partial charge in [-0.1, -0.05) is 51.5 Å². The second-order valence-electron chi connectivity index (χ2n) is 16.1. The van der Waals surface area contributed by atoms with Crippen molar-refractivity contribution in [1.82, 2.24) is 41.8 Å². The molecule has 2 aromatic rings. The summed E-state index contributed by atoms with van der Waals surface area (Å²) in [5.41, 5.74) is 5.53. The maximum atomic E-state index is 14.4. The van der Waals surface area contributed by atoms with E-state index in [1.54, 1.807) is 48.9 Å². The summed E-state index contributed by atoms with van der Waals surface area (Å²) >= 11 is 1.06. The molecule has 1 aliphatic carbocycles. The molecule has 2 unspecified atom stereocenters. The summed E-state index contributed by atoms with van der Waals surface area (Å²) in [5, 5.41) is 50.9. The van der Waals surface area contributed by atoms with Gasteiger partial charge in [-0.25, -0.2) is 0 Å². The van der Waals surface area contributed by atoms with Gasteiger partial charge in [0.2, 0.25) is 47.3 Å². The quantitative estimate of drug-likeness (QED) is 0.128. The Labute approximate surface area is 360 Å². The third-order valence-corrected chi connectivity index (χ3v) is 12.9. The normalized spacial score (nSPS) is 29.0. The number of rotatable bonds is 7. The smallest absolute Gasteiger partial charge is 0.244 e. The zero-order valence-corrected chi connectivity index (χ0v) is 35.4. The van der Waals surface area contributed by atoms with Crippen molar-refractivity contribution in [2.75, 3.05) is 25.4 Å². The fraction of sp³-hybridized carbons (Fsp3) is 0.575. The lowest BCUT2D eigenvalue weighted by molar-refractivity contribution is -0.139. The first kappa shape index (κ1) is 47.5. The number of aliphatic hydroxyl groups excluding tert-OH is 3. The van der Waals surface area contributed by atoms with Crippen LogP contribution in [0.5, 0.6) is 0 Å². The molecule has 22 heteroatoms. The number of benzene rings is 1. The summed E-state index contributed by atoms with van der Waals surface area (Å²) in [4.78, 5) is 124. The molecule has 2 bridgehead atoms. The molecule has 3 aliphatic rings. The van der Waals surface area contributed by atoms with Gasteiger partial charge in [-0.05, 0) is 18.8 Å². The molecule has 11 atom stereocenters. The number of ketones is 1. The summed E-state index contributed by atoms with van der Waals surface area (Å²) in [6.45, 7) is 2.41. The van der Waals surface area contributed by atoms with Crippen molar-refractivity contribution < 1.29 is 58.5 Å². The first-order chi connectivity index (χ1) is 29.4. The van der Waals surface area contributed by atoms with Crippen molar-refractivity contribution in [1.29, 1.82) is 0 Å². The maximum absolute atomic E-state index is 14.4. The molecular formula is C40H55N9O12S. The molecule has 0 spiro atoms. The van der Waals surface area contributed by atoms with Crippen molar-refractivity contribution >= 4 is 75.6 Å². The van der Waals surface area contributed by atoms with Gasteiger partial charge in [-0.3, -0.25) is 43.2 Å². The SMILES string of the molecule is CC[C@H](C)[C@@H]1NC(=O)CNC(=O)[C@@H]2Cn3cc4ccccc4c3SCC(NC(=O)CNC1=O)C(=O)N[C@@H](CC(N)=O)C(=O)C1C[C@H](O)C[C@H]1C(=O)N[C@@H]([C@@H](C)[C@@H](O)CO)C(=O)N2. The standard InChI is InChI=1S/C40H55N9O12S/c1-4-18(2)32-38(60)43-12-30(54)44-27-17-62-40-22-8-6-5-7-20(22)14-49(40)15-26(36(58)42-13-31(55)47-32)46-39(61)33(19(3)28(52)16-50)48-35(57)24-10-21(51)9-23(24)34(56)25(11-29(41)53)45-37(27)59/h5-8,14,18-19,21,23-28,32-33,50-52H,4,9-13,15-17H2,1-3H3,(H2,41,53)(H,42,58)(H,43,60)(H,44,54)(H,45,59)(H,46,61)(H,47,55)(H,48,57)/t18-,19-,21-,23?,24+,25-,26-,27?,28-,32-,33-/m0/s1. The van der Waals surface area contributed by atoms with Crippen LogP contribution in [0.1, 0.15) is 46.5 Å². The average molecular weight is 886 g/mol. The van der Waals surface area contributed by atoms with Crippen LogP contribution in [0.2, 0.25) is 0 Å². The van der Waals surface area contributed by atoms with E-state index < -0.39 is 145 Å². The highest BCUT2D eigenvalue weighted by atomic mass is 32.2. The van der Waals surface area contributed by atoms with Crippen LogP contribution in [0.15, 0.2) is 35.5 Å². The molecule has 3 heterocycles. The number of hydrogen-bond donors (Lipinski definition) is 11. The van der Waals surface area contributed by atoms with E-state index >= 15 is 0 Å². The Morgan fingerprint density at radius 1 is 0.823 bits per heavy atom. The molecule has 1 saturated carbocycles. The third kappa shape index (κ3) is 11.5. The largest absolute Gasteiger partial charge is 0.394 e. The molecule has 1 fully saturated rings. The van der Waals surface area contributed by atoms with Gasteiger partial charge < -0.3 is 62.8 Å². The molecule has 1 aromatic carbocycles. The fourth-order valence-electron chi connectivity index (χ4n) is 7.87. The van der Waals surface area contributed by atoms with E-state index in [1.807, 2.05) is 0 Å². The number of carbonyl (C=O) groups is 9. The molecule has 21 nitrogen and oxygen atoms in total. The topological polar surface area (TPSA) is 329 Å². The van der Waals surface area contributed by atoms with Gasteiger partial charge in [0.25, 0.3) is 0 Å². The third-order valence-electron chi connectivity index (χ3n) is 11.7. The lowest BCUT2D eigenvalue weighted by atomic mass is 9.85. The predicted octanol–water partition coefficient (Wildman–Crippen LogP) is -3.72. The van der Waals surface area contributed by atoms with Crippen LogP contribution in [-0.4, -0.2) is 141 Å². The van der Waals surface area contributed by atoms with Crippen LogP contribution in [0.4, 0.5) is 0 Å². The van der Waals surface area contributed by atoms with Crippen molar-refractivity contribution in [3.05, 3.63) is 30.5 Å². The molecule has 8 amide bonds. The Hall–Kier alpha value is -5.58. The van der Waals surface area contributed by atoms with Gasteiger partial charge >= 0.3 is 0 Å². The number of fused-ring (bicyclic) bond motifs is 5. The fourth-order valence-corrected chi connectivity index (χ4v) is 9.07. The highest BCUT2D eigenvalue weighted by Gasteiger charge is 2.47. The highest BCUT2D eigenvalue weighted by molar-refractivity contribution is 7.99. The van der Waals surface area contributed by atoms with Gasteiger partial charge in [-0.2, -0.15) is 0 Å². The van der Waals surface area contributed by atoms with E-state index in [-0.39, 0.29) is 25.1 Å². The summed E-state index contributed by atoms with van der Waals surface area (Å²) in [6, 6.07) is -0.371. The molecule has 5 rings (SSSR count). The molecule has 0 saturated heterocycles. The van der Waals surface area contributed by atoms with E-state index in [9.17, 15) is 58.5 Å². The first-order valence-corrected chi connectivity index (χ1v) is 21.5. The zero-order chi connectivity index (χ0) is 45.4. The molecule has 2 aliphatic heterocycles. The Kier molecular flexibility index (Phi) is 16.1. The molecular weight excluding hydrogens is 831 g/mol. The van der Waals surface area contributed by atoms with Gasteiger partial charge in [0, 0.05) is 34.6 Å². The number of nitrogens with zero attached hydrogens (tertiary/aromatic N) is 1. The number of nitrogens with one attached hydrogen (secondary N) is 7. The summed E-state index contributed by atoms with van der Waals surface area (Å²) in [5.74, 6) is -12.4. The van der Waals surface area contributed by atoms with Crippen LogP contribution < -0.4 is 43.0 Å². The lowest BCUT2D eigenvalue weighted by Crippen LogP contribution is -2.60. The molecule has 0 radical (unpaired) electrons. The minimum absolute atomic E-state index is 0.225. The number of amides is 8. The Balaban J connectivity index is 1.69. The monoisotopic (exact) mass is 885 g/mol. The Morgan fingerprint density at radius 2 is 1.48 bits per heavy atom. The van der Waals surface area contributed by atoms with Crippen LogP contribution in [0.3, 0.4) is 0 Å². The van der Waals surface area contributed by atoms with Crippen LogP contribution in [-0.2, 0) is 49.7 Å². The zero-order valence-electron chi connectivity index (χ0n) is 34.6. The Morgan fingerprint density at radius 3 is 2.16 bits per heavy atom. The number of primary amides is 1. The number of aromatic nitrogens is 1. The number of hydrogen-bond acceptors (Lipinski definition) is 13. The minimum Gasteiger partial charge on any atom is -0.394 e. The number of aliphatic hydroxyl groups is 3. The van der Waals surface area contributed by atoms with Gasteiger partial charge in [0.1, 0.15) is 24.2 Å². The van der Waals surface area contributed by atoms with Crippen molar-refractivity contribution in [2.24, 2.45) is 29.4 Å². The van der Waals surface area contributed by atoms with E-state index in [2.05, 4.69) is 37.2 Å². The number of carbonyl (C=O) groups excluding carboxylic acids is 9.